The summed E-state index contributed by atoms with van der Waals surface area (Å²) in [6.07, 6.45) is 1.04. The minimum absolute atomic E-state index is 0.232. The first-order valence-corrected chi connectivity index (χ1v) is 5.62. The first kappa shape index (κ1) is 16.9. The van der Waals surface area contributed by atoms with E-state index in [1.807, 2.05) is 0 Å². The number of unbranched alkanes of at least 4 members (excludes halogenated alkanes) is 1. The van der Waals surface area contributed by atoms with Gasteiger partial charge in [0.25, 0.3) is 0 Å². The van der Waals surface area contributed by atoms with Crippen molar-refractivity contribution < 1.29 is 19.5 Å². The highest BCUT2D eigenvalue weighted by Crippen LogP contribution is 2.10. The smallest absolute Gasteiger partial charge is 0.329 e. The fraction of sp³-hybridized carbons (Fsp3) is 0.667. The Labute approximate surface area is 110 Å². The predicted molar refractivity (Wildman–Crippen MR) is 66.0 cm³/mol. The fourth-order valence-corrected chi connectivity index (χ4v) is 1.49. The average Bonchev–Trinajstić information content (AvgIpc) is 2.30. The van der Waals surface area contributed by atoms with Gasteiger partial charge in [-0.3, -0.25) is 14.8 Å². The molecule has 4 amide bonds. The summed E-state index contributed by atoms with van der Waals surface area (Å²) in [7, 11) is 0. The van der Waals surface area contributed by atoms with E-state index in [1.165, 1.54) is 0 Å². The van der Waals surface area contributed by atoms with Crippen molar-refractivity contribution in [1.29, 1.82) is 0 Å². The lowest BCUT2D eigenvalue weighted by molar-refractivity contribution is -0.138. The molecule has 0 aromatic carbocycles. The van der Waals surface area contributed by atoms with Crippen LogP contribution in [0.3, 0.4) is 0 Å². The Bertz CT molecular complexity index is 337. The number of carboxylic acids is 1. The molecule has 0 unspecified atom stereocenters. The minimum atomic E-state index is -1.08. The summed E-state index contributed by atoms with van der Waals surface area (Å²) in [4.78, 5) is 32.2. The Hall–Kier alpha value is -2.07. The minimum Gasteiger partial charge on any atom is -0.481 e. The van der Waals surface area contributed by atoms with Crippen molar-refractivity contribution in [3.63, 3.8) is 0 Å². The molecule has 0 aliphatic heterocycles. The van der Waals surface area contributed by atoms with E-state index < -0.39 is 24.1 Å². The van der Waals surface area contributed by atoms with Crippen LogP contribution in [0.15, 0.2) is 0 Å². The van der Waals surface area contributed by atoms with E-state index in [0.29, 0.717) is 24.3 Å². The number of aliphatic carboxylic acids is 1. The maximum absolute atomic E-state index is 10.9. The standard InChI is InChI=1S/C9H20N6O4/c10-8(18)14(12)4-2-1-3-6(5-7(16)17)15(13)9(11)19/h6H,1-5,12-13H2,(H2,10,18)(H2,11,19)(H,16,17)/t6-/m0/s1. The molecule has 1 atom stereocenters. The Morgan fingerprint density at radius 1 is 1.05 bits per heavy atom. The van der Waals surface area contributed by atoms with Gasteiger partial charge in [-0.2, -0.15) is 0 Å². The third-order valence-corrected chi connectivity index (χ3v) is 2.53. The number of carbonyl (C=O) groups excluding carboxylic acids is 2. The van der Waals surface area contributed by atoms with Crippen molar-refractivity contribution in [3.8, 4) is 0 Å². The predicted octanol–water partition coefficient (Wildman–Crippen LogP) is -1.49. The molecule has 19 heavy (non-hydrogen) atoms. The van der Waals surface area contributed by atoms with E-state index >= 15 is 0 Å². The molecule has 0 saturated heterocycles. The Balaban J connectivity index is 4.16. The number of carbonyl (C=O) groups is 3. The third-order valence-electron chi connectivity index (χ3n) is 2.53. The highest BCUT2D eigenvalue weighted by atomic mass is 16.4. The zero-order chi connectivity index (χ0) is 15.0. The molecular formula is C9H20N6O4. The van der Waals surface area contributed by atoms with Gasteiger partial charge in [-0.1, -0.05) is 0 Å². The lowest BCUT2D eigenvalue weighted by atomic mass is 10.1. The summed E-state index contributed by atoms with van der Waals surface area (Å²) in [5.74, 6) is 9.58. The van der Waals surface area contributed by atoms with E-state index in [0.717, 1.165) is 5.01 Å². The van der Waals surface area contributed by atoms with Crippen molar-refractivity contribution in [3.05, 3.63) is 0 Å². The van der Waals surface area contributed by atoms with Crippen LogP contribution < -0.4 is 23.2 Å². The highest BCUT2D eigenvalue weighted by molar-refractivity contribution is 5.73. The Kier molecular flexibility index (Phi) is 7.22. The Morgan fingerprint density at radius 2 is 1.63 bits per heavy atom. The highest BCUT2D eigenvalue weighted by Gasteiger charge is 2.21. The Morgan fingerprint density at radius 3 is 2.05 bits per heavy atom. The molecule has 0 heterocycles. The zero-order valence-corrected chi connectivity index (χ0v) is 10.5. The van der Waals surface area contributed by atoms with E-state index in [2.05, 4.69) is 0 Å². The molecule has 10 heteroatoms. The molecule has 0 aliphatic rings. The van der Waals surface area contributed by atoms with Gasteiger partial charge in [0.1, 0.15) is 0 Å². The quantitative estimate of drug-likeness (QED) is 0.156. The largest absolute Gasteiger partial charge is 0.481 e. The summed E-state index contributed by atoms with van der Waals surface area (Å²) in [5, 5.41) is 10.3. The molecule has 110 valence electrons. The van der Waals surface area contributed by atoms with Crippen LogP contribution in [0.25, 0.3) is 0 Å². The van der Waals surface area contributed by atoms with Crippen molar-refractivity contribution in [2.75, 3.05) is 6.54 Å². The SMILES string of the molecule is NC(=O)N(N)CCCC[C@@H](CC(=O)O)N(N)C(N)=O. The second-order valence-electron chi connectivity index (χ2n) is 4.02. The molecule has 0 bridgehead atoms. The van der Waals surface area contributed by atoms with E-state index in [-0.39, 0.29) is 13.0 Å². The molecule has 0 saturated carbocycles. The first-order valence-electron chi connectivity index (χ1n) is 5.62. The summed E-state index contributed by atoms with van der Waals surface area (Å²) >= 11 is 0. The number of primary amides is 2. The maximum atomic E-state index is 10.9. The van der Waals surface area contributed by atoms with Crippen LogP contribution in [0, 0.1) is 0 Å². The van der Waals surface area contributed by atoms with Gasteiger partial charge < -0.3 is 16.6 Å². The number of amides is 4. The summed E-state index contributed by atoms with van der Waals surface area (Å²) in [6.45, 7) is 0.232. The number of carboxylic acid groups (broad SMARTS) is 1. The van der Waals surface area contributed by atoms with Gasteiger partial charge in [0.05, 0.1) is 12.5 Å². The molecular weight excluding hydrogens is 256 g/mol. The van der Waals surface area contributed by atoms with Gasteiger partial charge in [0.2, 0.25) is 0 Å². The second-order valence-corrected chi connectivity index (χ2v) is 4.02. The second kappa shape index (κ2) is 8.11. The molecule has 0 radical (unpaired) electrons. The van der Waals surface area contributed by atoms with Crippen LogP contribution in [-0.4, -0.2) is 45.7 Å². The van der Waals surface area contributed by atoms with Crippen LogP contribution in [0.1, 0.15) is 25.7 Å². The van der Waals surface area contributed by atoms with Crippen LogP contribution in [0.4, 0.5) is 9.59 Å². The van der Waals surface area contributed by atoms with E-state index in [1.54, 1.807) is 0 Å². The lowest BCUT2D eigenvalue weighted by Crippen LogP contribution is -2.49. The normalized spacial score (nSPS) is 11.7. The van der Waals surface area contributed by atoms with Crippen LogP contribution >= 0.6 is 0 Å². The monoisotopic (exact) mass is 276 g/mol. The van der Waals surface area contributed by atoms with Crippen molar-refractivity contribution >= 4 is 18.0 Å². The van der Waals surface area contributed by atoms with Gasteiger partial charge in [0, 0.05) is 6.54 Å². The number of hydrogen-bond acceptors (Lipinski definition) is 5. The van der Waals surface area contributed by atoms with Gasteiger partial charge >= 0.3 is 18.0 Å². The van der Waals surface area contributed by atoms with Gasteiger partial charge in [-0.15, -0.1) is 0 Å². The molecule has 0 aromatic heterocycles. The summed E-state index contributed by atoms with van der Waals surface area (Å²) in [5.41, 5.74) is 9.91. The number of hydrazine groups is 2. The van der Waals surface area contributed by atoms with Crippen LogP contribution in [-0.2, 0) is 4.79 Å². The van der Waals surface area contributed by atoms with E-state index in [9.17, 15) is 14.4 Å². The van der Waals surface area contributed by atoms with Crippen LogP contribution in [0.2, 0.25) is 0 Å². The van der Waals surface area contributed by atoms with Crippen molar-refractivity contribution in [1.82, 2.24) is 10.0 Å². The van der Waals surface area contributed by atoms with Crippen LogP contribution in [0.5, 0.6) is 0 Å². The van der Waals surface area contributed by atoms with Gasteiger partial charge in [0.15, 0.2) is 0 Å². The topological polar surface area (TPSA) is 182 Å². The molecule has 0 aliphatic carbocycles. The van der Waals surface area contributed by atoms with Crippen molar-refractivity contribution in [2.45, 2.75) is 31.7 Å². The number of rotatable bonds is 8. The molecule has 0 rings (SSSR count). The third kappa shape index (κ3) is 7.06. The first-order chi connectivity index (χ1) is 8.75. The summed E-state index contributed by atoms with van der Waals surface area (Å²) < 4.78 is 0. The van der Waals surface area contributed by atoms with Gasteiger partial charge in [-0.25, -0.2) is 21.3 Å². The number of nitrogens with two attached hydrogens (primary N) is 4. The molecule has 10 nitrogen and oxygen atoms in total. The molecule has 0 spiro atoms. The molecule has 0 aromatic rings. The maximum Gasteiger partial charge on any atom is 0.329 e. The van der Waals surface area contributed by atoms with Crippen molar-refractivity contribution in [2.24, 2.45) is 23.2 Å². The average molecular weight is 276 g/mol. The number of nitrogens with zero attached hydrogens (tertiary/aromatic N) is 2. The number of hydrogen-bond donors (Lipinski definition) is 5. The fourth-order valence-electron chi connectivity index (χ4n) is 1.49. The molecule has 0 fully saturated rings. The summed E-state index contributed by atoms with van der Waals surface area (Å²) in [6, 6.07) is -2.35. The number of urea groups is 2. The lowest BCUT2D eigenvalue weighted by Gasteiger charge is -2.24. The zero-order valence-electron chi connectivity index (χ0n) is 10.5. The molecule has 9 N–H and O–H groups in total. The van der Waals surface area contributed by atoms with E-state index in [4.69, 9.17) is 28.3 Å². The van der Waals surface area contributed by atoms with Gasteiger partial charge in [-0.05, 0) is 19.3 Å².